The first-order valence-corrected chi connectivity index (χ1v) is 9.14. The van der Waals surface area contributed by atoms with Crippen molar-refractivity contribution in [1.29, 1.82) is 0 Å². The Hall–Kier alpha value is -3.27. The first-order valence-electron chi connectivity index (χ1n) is 9.14. The molecule has 2 heterocycles. The number of phenolic OH excluding ortho intramolecular Hbond substituents is 1. The van der Waals surface area contributed by atoms with Crippen molar-refractivity contribution in [2.24, 2.45) is 5.92 Å². The van der Waals surface area contributed by atoms with E-state index < -0.39 is 5.60 Å². The average Bonchev–Trinajstić information content (AvgIpc) is 3.09. The molecule has 1 aliphatic rings. The molecule has 1 aromatic carbocycles. The van der Waals surface area contributed by atoms with Crippen LogP contribution in [0.15, 0.2) is 30.3 Å². The number of rotatable bonds is 1. The molecule has 7 heteroatoms. The molecule has 0 spiro atoms. The number of para-hydroxylation sites is 1. The van der Waals surface area contributed by atoms with Crippen molar-refractivity contribution in [1.82, 2.24) is 15.1 Å². The van der Waals surface area contributed by atoms with Crippen LogP contribution in [0.2, 0.25) is 0 Å². The Morgan fingerprint density at radius 3 is 2.79 bits per heavy atom. The number of nitrogen functional groups attached to an aromatic ring is 1. The van der Waals surface area contributed by atoms with Crippen LogP contribution in [0, 0.1) is 17.8 Å². The number of aromatic nitrogens is 2. The molecule has 1 aliphatic heterocycles. The lowest BCUT2D eigenvalue weighted by Gasteiger charge is -2.24. The van der Waals surface area contributed by atoms with Gasteiger partial charge in [-0.15, -0.1) is 10.2 Å². The van der Waals surface area contributed by atoms with Gasteiger partial charge in [-0.05, 0) is 45.4 Å². The van der Waals surface area contributed by atoms with Gasteiger partial charge < -0.3 is 20.5 Å². The number of likely N-dealkylation sites (tertiary alicyclic amines) is 1. The van der Waals surface area contributed by atoms with Crippen LogP contribution in [0.5, 0.6) is 5.75 Å². The van der Waals surface area contributed by atoms with Crippen molar-refractivity contribution in [2.45, 2.75) is 32.8 Å². The van der Waals surface area contributed by atoms with Gasteiger partial charge in [-0.3, -0.25) is 0 Å². The van der Waals surface area contributed by atoms with Gasteiger partial charge in [0.1, 0.15) is 11.4 Å². The molecule has 0 aliphatic carbocycles. The number of aromatic hydroxyl groups is 1. The number of hydrogen-bond acceptors (Lipinski definition) is 6. The van der Waals surface area contributed by atoms with Gasteiger partial charge in [0.15, 0.2) is 5.82 Å². The van der Waals surface area contributed by atoms with Crippen LogP contribution in [-0.2, 0) is 4.74 Å². The number of ether oxygens (including phenoxy) is 1. The van der Waals surface area contributed by atoms with Gasteiger partial charge in [0.25, 0.3) is 0 Å². The normalized spacial score (nSPS) is 16.4. The lowest BCUT2D eigenvalue weighted by atomic mass is 10.1. The third-order valence-corrected chi connectivity index (χ3v) is 4.25. The summed E-state index contributed by atoms with van der Waals surface area (Å²) >= 11 is 0. The van der Waals surface area contributed by atoms with E-state index in [2.05, 4.69) is 22.0 Å². The van der Waals surface area contributed by atoms with Crippen molar-refractivity contribution in [2.75, 3.05) is 18.8 Å². The maximum Gasteiger partial charge on any atom is 0.410 e. The molecule has 1 saturated heterocycles. The zero-order chi connectivity index (χ0) is 20.3. The van der Waals surface area contributed by atoms with Gasteiger partial charge >= 0.3 is 6.09 Å². The zero-order valence-corrected chi connectivity index (χ0v) is 16.3. The first-order chi connectivity index (χ1) is 13.2. The van der Waals surface area contributed by atoms with Crippen LogP contribution in [-0.4, -0.2) is 45.0 Å². The number of phenols is 1. The van der Waals surface area contributed by atoms with Crippen LogP contribution in [0.25, 0.3) is 11.3 Å². The number of benzene rings is 1. The van der Waals surface area contributed by atoms with Crippen molar-refractivity contribution in [3.63, 3.8) is 0 Å². The van der Waals surface area contributed by atoms with E-state index >= 15 is 0 Å². The lowest BCUT2D eigenvalue weighted by molar-refractivity contribution is 0.0291. The Labute approximate surface area is 164 Å². The summed E-state index contributed by atoms with van der Waals surface area (Å²) in [4.78, 5) is 13.8. The maximum atomic E-state index is 12.2. The molecule has 1 fully saturated rings. The summed E-state index contributed by atoms with van der Waals surface area (Å²) in [5.74, 6) is 6.61. The Balaban J connectivity index is 1.74. The molecule has 2 aromatic rings. The molecule has 28 heavy (non-hydrogen) atoms. The first kappa shape index (κ1) is 19.5. The van der Waals surface area contributed by atoms with Crippen molar-refractivity contribution in [3.8, 4) is 28.8 Å². The van der Waals surface area contributed by atoms with Crippen LogP contribution < -0.4 is 5.73 Å². The molecular formula is C21H24N4O3. The fourth-order valence-electron chi connectivity index (χ4n) is 2.87. The van der Waals surface area contributed by atoms with Crippen molar-refractivity contribution in [3.05, 3.63) is 35.9 Å². The smallest absolute Gasteiger partial charge is 0.410 e. The van der Waals surface area contributed by atoms with Crippen LogP contribution in [0.3, 0.4) is 0 Å². The van der Waals surface area contributed by atoms with Crippen molar-refractivity contribution >= 4 is 11.9 Å². The Kier molecular flexibility index (Phi) is 5.41. The van der Waals surface area contributed by atoms with Crippen molar-refractivity contribution < 1.29 is 14.6 Å². The monoisotopic (exact) mass is 380 g/mol. The largest absolute Gasteiger partial charge is 0.507 e. The maximum absolute atomic E-state index is 12.2. The second-order valence-corrected chi connectivity index (χ2v) is 7.73. The molecule has 1 aromatic heterocycles. The van der Waals surface area contributed by atoms with E-state index in [-0.39, 0.29) is 23.6 Å². The predicted molar refractivity (Wildman–Crippen MR) is 106 cm³/mol. The number of hydrogen-bond donors (Lipinski definition) is 2. The van der Waals surface area contributed by atoms with Gasteiger partial charge in [0.05, 0.1) is 11.3 Å². The Bertz CT molecular complexity index is 941. The van der Waals surface area contributed by atoms with Gasteiger partial charge in [0.2, 0.25) is 0 Å². The summed E-state index contributed by atoms with van der Waals surface area (Å²) in [5, 5.41) is 18.0. The molecule has 0 saturated carbocycles. The summed E-state index contributed by atoms with van der Waals surface area (Å²) in [7, 11) is 0. The third-order valence-electron chi connectivity index (χ3n) is 4.25. The summed E-state index contributed by atoms with van der Waals surface area (Å²) in [5.41, 5.74) is 7.00. The Morgan fingerprint density at radius 1 is 1.32 bits per heavy atom. The lowest BCUT2D eigenvalue weighted by Crippen LogP contribution is -2.35. The number of anilines is 1. The minimum absolute atomic E-state index is 0.0358. The predicted octanol–water partition coefficient (Wildman–Crippen LogP) is 3.04. The highest BCUT2D eigenvalue weighted by Crippen LogP contribution is 2.28. The van der Waals surface area contributed by atoms with Gasteiger partial charge in [-0.1, -0.05) is 24.0 Å². The highest BCUT2D eigenvalue weighted by molar-refractivity contribution is 5.70. The van der Waals surface area contributed by atoms with E-state index in [0.29, 0.717) is 29.9 Å². The summed E-state index contributed by atoms with van der Waals surface area (Å²) in [6, 6.07) is 8.60. The van der Waals surface area contributed by atoms with E-state index in [1.807, 2.05) is 26.8 Å². The van der Waals surface area contributed by atoms with Gasteiger partial charge in [-0.25, -0.2) is 4.79 Å². The summed E-state index contributed by atoms with van der Waals surface area (Å²) in [6.07, 6.45) is 0.459. The van der Waals surface area contributed by atoms with E-state index in [9.17, 15) is 9.90 Å². The van der Waals surface area contributed by atoms with E-state index in [1.165, 1.54) is 0 Å². The van der Waals surface area contributed by atoms with Crippen LogP contribution in [0.4, 0.5) is 10.6 Å². The highest BCUT2D eigenvalue weighted by Gasteiger charge is 2.28. The van der Waals surface area contributed by atoms with E-state index in [0.717, 1.165) is 6.42 Å². The second-order valence-electron chi connectivity index (χ2n) is 7.73. The standard InChI is InChI=1S/C21H24N4O3/c1-21(2,3)28-20(27)25-11-10-14(13-25)8-9-15-12-17(23-24-19(15)22)16-6-4-5-7-18(16)26/h4-7,12,14,26H,10-11,13H2,1-3H3,(H2,22,24). The fraction of sp³-hybridized carbons (Fsp3) is 0.381. The SMILES string of the molecule is CC(C)(C)OC(=O)N1CCC(C#Cc2cc(-c3ccccc3O)nnc2N)C1. The molecule has 1 amide bonds. The minimum atomic E-state index is -0.516. The topological polar surface area (TPSA) is 102 Å². The quantitative estimate of drug-likeness (QED) is 0.738. The molecule has 0 radical (unpaired) electrons. The fourth-order valence-corrected chi connectivity index (χ4v) is 2.87. The zero-order valence-electron chi connectivity index (χ0n) is 16.3. The molecule has 3 rings (SSSR count). The van der Waals surface area contributed by atoms with E-state index in [1.54, 1.807) is 29.2 Å². The average molecular weight is 380 g/mol. The van der Waals surface area contributed by atoms with E-state index in [4.69, 9.17) is 10.5 Å². The number of nitrogens with zero attached hydrogens (tertiary/aromatic N) is 3. The minimum Gasteiger partial charge on any atom is -0.507 e. The molecule has 146 valence electrons. The molecule has 1 unspecified atom stereocenters. The van der Waals surface area contributed by atoms with Gasteiger partial charge in [0, 0.05) is 24.6 Å². The number of carbonyl (C=O) groups is 1. The molecular weight excluding hydrogens is 356 g/mol. The molecule has 0 bridgehead atoms. The number of nitrogens with two attached hydrogens (primary N) is 1. The third kappa shape index (κ3) is 4.71. The molecule has 7 nitrogen and oxygen atoms in total. The molecule has 3 N–H and O–H groups in total. The van der Waals surface area contributed by atoms with Gasteiger partial charge in [-0.2, -0.15) is 0 Å². The number of carbonyl (C=O) groups excluding carboxylic acids is 1. The van der Waals surface area contributed by atoms with Crippen LogP contribution in [0.1, 0.15) is 32.8 Å². The summed E-state index contributed by atoms with van der Waals surface area (Å²) < 4.78 is 5.40. The highest BCUT2D eigenvalue weighted by atomic mass is 16.6. The molecule has 1 atom stereocenters. The summed E-state index contributed by atoms with van der Waals surface area (Å²) in [6.45, 7) is 6.67. The second kappa shape index (κ2) is 7.77. The Morgan fingerprint density at radius 2 is 2.07 bits per heavy atom. The number of amides is 1. The van der Waals surface area contributed by atoms with Crippen LogP contribution >= 0.6 is 0 Å².